The average Bonchev–Trinajstić information content (AvgIpc) is 2.33. The van der Waals surface area contributed by atoms with E-state index < -0.39 is 0 Å². The Morgan fingerprint density at radius 3 is 2.63 bits per heavy atom. The summed E-state index contributed by atoms with van der Waals surface area (Å²) >= 11 is 0. The second-order valence-electron chi connectivity index (χ2n) is 5.78. The molecule has 1 saturated carbocycles. The average molecular weight is 265 g/mol. The number of nitrogens with one attached hydrogen (secondary N) is 1. The standard InChI is InChI=1S/C16H24FNO/c1-13(2)18-11-10-16(8-5-9-16)19-12-14-6-3-4-7-15(14)17/h3-4,6-7,13,18H,5,8-12H2,1-2H3. The maximum absolute atomic E-state index is 13.6. The second-order valence-corrected chi connectivity index (χ2v) is 5.78. The Hall–Kier alpha value is -0.930. The Labute approximate surface area is 115 Å². The maximum Gasteiger partial charge on any atom is 0.128 e. The van der Waals surface area contributed by atoms with E-state index in [1.807, 2.05) is 6.07 Å². The van der Waals surface area contributed by atoms with Crippen LogP contribution < -0.4 is 5.32 Å². The Morgan fingerprint density at radius 1 is 1.32 bits per heavy atom. The van der Waals surface area contributed by atoms with E-state index in [0.717, 1.165) is 25.8 Å². The third-order valence-electron chi connectivity index (χ3n) is 3.89. The highest BCUT2D eigenvalue weighted by atomic mass is 19.1. The quantitative estimate of drug-likeness (QED) is 0.812. The lowest BCUT2D eigenvalue weighted by Crippen LogP contribution is -2.43. The van der Waals surface area contributed by atoms with Gasteiger partial charge in [0, 0.05) is 11.6 Å². The molecule has 0 amide bonds. The number of ether oxygens (including phenoxy) is 1. The number of rotatable bonds is 7. The van der Waals surface area contributed by atoms with Crippen LogP contribution in [0, 0.1) is 5.82 Å². The topological polar surface area (TPSA) is 21.3 Å². The molecule has 19 heavy (non-hydrogen) atoms. The Morgan fingerprint density at radius 2 is 2.05 bits per heavy atom. The molecule has 1 aromatic carbocycles. The molecule has 0 aromatic heterocycles. The minimum Gasteiger partial charge on any atom is -0.370 e. The SMILES string of the molecule is CC(C)NCCC1(OCc2ccccc2F)CCC1. The van der Waals surface area contributed by atoms with E-state index in [-0.39, 0.29) is 11.4 Å². The van der Waals surface area contributed by atoms with Gasteiger partial charge in [-0.3, -0.25) is 0 Å². The van der Waals surface area contributed by atoms with Crippen LogP contribution in [0.5, 0.6) is 0 Å². The van der Waals surface area contributed by atoms with Gasteiger partial charge >= 0.3 is 0 Å². The molecule has 0 unspecified atom stereocenters. The molecule has 1 aliphatic rings. The third kappa shape index (κ3) is 4.02. The van der Waals surface area contributed by atoms with E-state index in [0.29, 0.717) is 18.2 Å². The van der Waals surface area contributed by atoms with Gasteiger partial charge in [0.1, 0.15) is 5.82 Å². The molecule has 0 aliphatic heterocycles. The summed E-state index contributed by atoms with van der Waals surface area (Å²) in [5, 5.41) is 3.42. The van der Waals surface area contributed by atoms with Crippen LogP contribution in [-0.4, -0.2) is 18.2 Å². The lowest BCUT2D eigenvalue weighted by molar-refractivity contribution is -0.114. The first-order valence-electron chi connectivity index (χ1n) is 7.22. The largest absolute Gasteiger partial charge is 0.370 e. The molecule has 3 heteroatoms. The van der Waals surface area contributed by atoms with Crippen molar-refractivity contribution in [2.75, 3.05) is 6.54 Å². The predicted molar refractivity (Wildman–Crippen MR) is 75.5 cm³/mol. The highest BCUT2D eigenvalue weighted by Crippen LogP contribution is 2.39. The van der Waals surface area contributed by atoms with Crippen LogP contribution in [0.15, 0.2) is 24.3 Å². The first-order valence-corrected chi connectivity index (χ1v) is 7.22. The van der Waals surface area contributed by atoms with Gasteiger partial charge in [0.25, 0.3) is 0 Å². The molecule has 0 heterocycles. The molecule has 1 N–H and O–H groups in total. The van der Waals surface area contributed by atoms with E-state index in [1.165, 1.54) is 12.5 Å². The summed E-state index contributed by atoms with van der Waals surface area (Å²) in [5.74, 6) is -0.169. The molecule has 1 fully saturated rings. The second kappa shape index (κ2) is 6.49. The maximum atomic E-state index is 13.6. The highest BCUT2D eigenvalue weighted by Gasteiger charge is 2.37. The van der Waals surface area contributed by atoms with E-state index >= 15 is 0 Å². The van der Waals surface area contributed by atoms with Crippen molar-refractivity contribution in [2.24, 2.45) is 0 Å². The van der Waals surface area contributed by atoms with Crippen molar-refractivity contribution in [2.45, 2.75) is 57.8 Å². The fraction of sp³-hybridized carbons (Fsp3) is 0.625. The molecule has 0 radical (unpaired) electrons. The van der Waals surface area contributed by atoms with Crippen LogP contribution in [0.1, 0.15) is 45.1 Å². The monoisotopic (exact) mass is 265 g/mol. The first kappa shape index (κ1) is 14.5. The molecular formula is C16H24FNO. The molecule has 2 rings (SSSR count). The molecule has 0 spiro atoms. The number of hydrogen-bond donors (Lipinski definition) is 1. The summed E-state index contributed by atoms with van der Waals surface area (Å²) in [4.78, 5) is 0. The zero-order chi connectivity index (χ0) is 13.7. The summed E-state index contributed by atoms with van der Waals surface area (Å²) in [6.07, 6.45) is 4.43. The molecule has 106 valence electrons. The molecule has 1 aliphatic carbocycles. The third-order valence-corrected chi connectivity index (χ3v) is 3.89. The molecule has 0 atom stereocenters. The van der Waals surface area contributed by atoms with Gasteiger partial charge in [-0.25, -0.2) is 4.39 Å². The molecule has 1 aromatic rings. The first-order chi connectivity index (χ1) is 9.11. The predicted octanol–water partition coefficient (Wildman–Crippen LogP) is 3.65. The van der Waals surface area contributed by atoms with Crippen LogP contribution in [0.2, 0.25) is 0 Å². The summed E-state index contributed by atoms with van der Waals surface area (Å²) in [6.45, 7) is 5.64. The van der Waals surface area contributed by atoms with Crippen molar-refractivity contribution < 1.29 is 9.13 Å². The van der Waals surface area contributed by atoms with Gasteiger partial charge < -0.3 is 10.1 Å². The van der Waals surface area contributed by atoms with E-state index in [4.69, 9.17) is 4.74 Å². The number of benzene rings is 1. The van der Waals surface area contributed by atoms with Crippen molar-refractivity contribution in [1.29, 1.82) is 0 Å². The van der Waals surface area contributed by atoms with Crippen molar-refractivity contribution >= 4 is 0 Å². The van der Waals surface area contributed by atoms with Gasteiger partial charge in [-0.1, -0.05) is 32.0 Å². The lowest BCUT2D eigenvalue weighted by atomic mass is 9.77. The Balaban J connectivity index is 1.83. The molecular weight excluding hydrogens is 241 g/mol. The summed E-state index contributed by atoms with van der Waals surface area (Å²) in [5.41, 5.74) is 0.634. The van der Waals surface area contributed by atoms with Crippen molar-refractivity contribution in [3.8, 4) is 0 Å². The Kier molecular flexibility index (Phi) is 4.94. The van der Waals surface area contributed by atoms with Gasteiger partial charge in [-0.2, -0.15) is 0 Å². The van der Waals surface area contributed by atoms with E-state index in [1.54, 1.807) is 12.1 Å². The number of halogens is 1. The minimum absolute atomic E-state index is 0.0236. The van der Waals surface area contributed by atoms with Crippen LogP contribution in [0.25, 0.3) is 0 Å². The van der Waals surface area contributed by atoms with Crippen LogP contribution in [0.4, 0.5) is 4.39 Å². The van der Waals surface area contributed by atoms with Crippen LogP contribution in [-0.2, 0) is 11.3 Å². The summed E-state index contributed by atoms with van der Waals surface area (Å²) in [6, 6.07) is 7.37. The molecule has 2 nitrogen and oxygen atoms in total. The summed E-state index contributed by atoms with van der Waals surface area (Å²) < 4.78 is 19.6. The van der Waals surface area contributed by atoms with Gasteiger partial charge in [0.15, 0.2) is 0 Å². The fourth-order valence-electron chi connectivity index (χ4n) is 2.47. The highest BCUT2D eigenvalue weighted by molar-refractivity contribution is 5.16. The number of hydrogen-bond acceptors (Lipinski definition) is 2. The fourth-order valence-corrected chi connectivity index (χ4v) is 2.47. The van der Waals surface area contributed by atoms with E-state index in [2.05, 4.69) is 19.2 Å². The zero-order valence-corrected chi connectivity index (χ0v) is 11.9. The molecule has 0 saturated heterocycles. The summed E-state index contributed by atoms with van der Waals surface area (Å²) in [7, 11) is 0. The zero-order valence-electron chi connectivity index (χ0n) is 11.9. The van der Waals surface area contributed by atoms with Gasteiger partial charge in [-0.05, 0) is 38.3 Å². The normalized spacial score (nSPS) is 17.5. The Bertz CT molecular complexity index is 401. The van der Waals surface area contributed by atoms with Crippen molar-refractivity contribution in [1.82, 2.24) is 5.32 Å². The lowest BCUT2D eigenvalue weighted by Gasteiger charge is -2.42. The smallest absolute Gasteiger partial charge is 0.128 e. The van der Waals surface area contributed by atoms with E-state index in [9.17, 15) is 4.39 Å². The van der Waals surface area contributed by atoms with Crippen molar-refractivity contribution in [3.63, 3.8) is 0 Å². The van der Waals surface area contributed by atoms with Crippen LogP contribution >= 0.6 is 0 Å². The van der Waals surface area contributed by atoms with Gasteiger partial charge in [0.2, 0.25) is 0 Å². The van der Waals surface area contributed by atoms with Gasteiger partial charge in [-0.15, -0.1) is 0 Å². The molecule has 0 bridgehead atoms. The van der Waals surface area contributed by atoms with Crippen LogP contribution in [0.3, 0.4) is 0 Å². The van der Waals surface area contributed by atoms with Crippen molar-refractivity contribution in [3.05, 3.63) is 35.6 Å². The minimum atomic E-state index is -0.169. The van der Waals surface area contributed by atoms with Gasteiger partial charge in [0.05, 0.1) is 12.2 Å².